The number of halogens is 2. The molecule has 7 nitrogen and oxygen atoms in total. The fourth-order valence-electron chi connectivity index (χ4n) is 1.95. The summed E-state index contributed by atoms with van der Waals surface area (Å²) in [6, 6.07) is 5.80. The third kappa shape index (κ3) is 2.32. The van der Waals surface area contributed by atoms with Crippen LogP contribution in [0.5, 0.6) is 11.5 Å². The monoisotopic (exact) mass is 306 g/mol. The lowest BCUT2D eigenvalue weighted by molar-refractivity contribution is -0.387. The van der Waals surface area contributed by atoms with E-state index in [2.05, 4.69) is 10.3 Å². The number of hydrogen-bond acceptors (Lipinski definition) is 5. The number of benzene rings is 2. The van der Waals surface area contributed by atoms with Gasteiger partial charge >= 0.3 is 5.69 Å². The summed E-state index contributed by atoms with van der Waals surface area (Å²) < 4.78 is 34.1. The molecule has 0 saturated heterocycles. The second-order valence-electron chi connectivity index (χ2n) is 4.46. The highest BCUT2D eigenvalue weighted by Gasteiger charge is 2.20. The summed E-state index contributed by atoms with van der Waals surface area (Å²) in [5.74, 6) is -2.46. The first-order valence-corrected chi connectivity index (χ1v) is 6.06. The predicted octanol–water partition coefficient (Wildman–Crippen LogP) is 2.95. The molecule has 0 saturated carbocycles. The third-order valence-corrected chi connectivity index (χ3v) is 3.01. The molecule has 0 radical (unpaired) electrons. The molecular formula is C13H8F2N4O3. The number of nitro benzene ring substituents is 1. The molecule has 1 heterocycles. The topological polar surface area (TPSA) is 83.1 Å². The first-order chi connectivity index (χ1) is 10.5. The van der Waals surface area contributed by atoms with Crippen LogP contribution in [-0.2, 0) is 7.05 Å². The minimum absolute atomic E-state index is 0.208. The van der Waals surface area contributed by atoms with Crippen molar-refractivity contribution < 1.29 is 18.4 Å². The predicted molar refractivity (Wildman–Crippen MR) is 71.6 cm³/mol. The van der Waals surface area contributed by atoms with Gasteiger partial charge in [0.1, 0.15) is 11.3 Å². The average molecular weight is 306 g/mol. The normalized spacial score (nSPS) is 10.9. The average Bonchev–Trinajstić information content (AvgIpc) is 2.83. The standard InChI is InChI=1S/C13H8F2N4O3/c1-18-11-3-2-7(4-10(11)16-17-18)22-13-6-8(14)12(19(20)21)5-9(13)15/h2-6H,1H3. The fourth-order valence-corrected chi connectivity index (χ4v) is 1.95. The molecule has 0 bridgehead atoms. The molecule has 0 aliphatic rings. The van der Waals surface area contributed by atoms with E-state index in [-0.39, 0.29) is 5.75 Å². The van der Waals surface area contributed by atoms with Gasteiger partial charge in [-0.05, 0) is 12.1 Å². The zero-order valence-electron chi connectivity index (χ0n) is 11.2. The van der Waals surface area contributed by atoms with E-state index in [1.165, 1.54) is 12.1 Å². The Kier molecular flexibility index (Phi) is 3.17. The van der Waals surface area contributed by atoms with E-state index in [1.807, 2.05) is 0 Å². The van der Waals surface area contributed by atoms with Gasteiger partial charge in [-0.25, -0.2) is 9.07 Å². The molecule has 0 amide bonds. The molecule has 0 unspecified atom stereocenters. The lowest BCUT2D eigenvalue weighted by atomic mass is 10.2. The molecule has 3 aromatic rings. The largest absolute Gasteiger partial charge is 0.454 e. The zero-order valence-corrected chi connectivity index (χ0v) is 11.2. The number of ether oxygens (including phenoxy) is 1. The van der Waals surface area contributed by atoms with E-state index in [0.29, 0.717) is 17.6 Å². The summed E-state index contributed by atoms with van der Waals surface area (Å²) in [5, 5.41) is 18.2. The third-order valence-electron chi connectivity index (χ3n) is 3.01. The highest BCUT2D eigenvalue weighted by atomic mass is 19.1. The molecule has 22 heavy (non-hydrogen) atoms. The van der Waals surface area contributed by atoms with Crippen molar-refractivity contribution in [2.75, 3.05) is 0 Å². The van der Waals surface area contributed by atoms with Crippen molar-refractivity contribution in [1.82, 2.24) is 15.0 Å². The van der Waals surface area contributed by atoms with Crippen LogP contribution in [0.4, 0.5) is 14.5 Å². The van der Waals surface area contributed by atoms with Crippen molar-refractivity contribution in [2.24, 2.45) is 7.05 Å². The Bertz CT molecular complexity index is 894. The summed E-state index contributed by atoms with van der Waals surface area (Å²) in [6.45, 7) is 0. The summed E-state index contributed by atoms with van der Waals surface area (Å²) in [4.78, 5) is 9.53. The first-order valence-electron chi connectivity index (χ1n) is 6.06. The van der Waals surface area contributed by atoms with Crippen LogP contribution in [0.2, 0.25) is 0 Å². The highest BCUT2D eigenvalue weighted by Crippen LogP contribution is 2.31. The van der Waals surface area contributed by atoms with Crippen LogP contribution in [0.1, 0.15) is 0 Å². The second-order valence-corrected chi connectivity index (χ2v) is 4.46. The van der Waals surface area contributed by atoms with E-state index >= 15 is 0 Å². The number of aromatic nitrogens is 3. The van der Waals surface area contributed by atoms with Crippen LogP contribution in [0.15, 0.2) is 30.3 Å². The van der Waals surface area contributed by atoms with Gasteiger partial charge in [-0.15, -0.1) is 5.10 Å². The van der Waals surface area contributed by atoms with Crippen molar-refractivity contribution in [1.29, 1.82) is 0 Å². The Hall–Kier alpha value is -3.10. The van der Waals surface area contributed by atoms with Crippen molar-refractivity contribution in [2.45, 2.75) is 0 Å². The van der Waals surface area contributed by atoms with Gasteiger partial charge in [0.05, 0.1) is 16.5 Å². The SMILES string of the molecule is Cn1nnc2cc(Oc3cc(F)c([N+](=O)[O-])cc3F)ccc21. The van der Waals surface area contributed by atoms with Crippen LogP contribution >= 0.6 is 0 Å². The van der Waals surface area contributed by atoms with E-state index in [0.717, 1.165) is 5.52 Å². The lowest BCUT2D eigenvalue weighted by Crippen LogP contribution is -1.96. The molecule has 2 aromatic carbocycles. The molecule has 3 rings (SSSR count). The maximum atomic E-state index is 13.8. The van der Waals surface area contributed by atoms with E-state index in [1.54, 1.807) is 17.8 Å². The van der Waals surface area contributed by atoms with Crippen molar-refractivity contribution in [3.63, 3.8) is 0 Å². The molecule has 0 N–H and O–H groups in total. The number of fused-ring (bicyclic) bond motifs is 1. The van der Waals surface area contributed by atoms with Crippen LogP contribution < -0.4 is 4.74 Å². The summed E-state index contributed by atoms with van der Waals surface area (Å²) in [5.41, 5.74) is 0.305. The number of rotatable bonds is 3. The summed E-state index contributed by atoms with van der Waals surface area (Å²) in [7, 11) is 1.71. The lowest BCUT2D eigenvalue weighted by Gasteiger charge is -2.07. The van der Waals surface area contributed by atoms with Gasteiger partial charge in [-0.2, -0.15) is 4.39 Å². The van der Waals surface area contributed by atoms with Gasteiger partial charge in [-0.3, -0.25) is 10.1 Å². The molecule has 0 fully saturated rings. The number of nitro groups is 1. The van der Waals surface area contributed by atoms with E-state index < -0.39 is 28.0 Å². The molecule has 9 heteroatoms. The minimum atomic E-state index is -1.18. The Labute approximate surface area is 121 Å². The Balaban J connectivity index is 1.97. The maximum absolute atomic E-state index is 13.8. The molecule has 112 valence electrons. The van der Waals surface area contributed by atoms with E-state index in [9.17, 15) is 18.9 Å². The smallest absolute Gasteiger partial charge is 0.307 e. The summed E-state index contributed by atoms with van der Waals surface area (Å²) in [6.07, 6.45) is 0. The Morgan fingerprint density at radius 3 is 2.73 bits per heavy atom. The number of nitrogens with zero attached hydrogens (tertiary/aromatic N) is 4. The van der Waals surface area contributed by atoms with Crippen LogP contribution in [-0.4, -0.2) is 19.9 Å². The van der Waals surface area contributed by atoms with Crippen molar-refractivity contribution in [3.05, 3.63) is 52.1 Å². The zero-order chi connectivity index (χ0) is 15.9. The first kappa shape index (κ1) is 13.9. The maximum Gasteiger partial charge on any atom is 0.307 e. The molecular weight excluding hydrogens is 298 g/mol. The quantitative estimate of drug-likeness (QED) is 0.549. The Morgan fingerprint density at radius 1 is 1.23 bits per heavy atom. The van der Waals surface area contributed by atoms with Crippen LogP contribution in [0.3, 0.4) is 0 Å². The Morgan fingerprint density at radius 2 is 2.00 bits per heavy atom. The van der Waals surface area contributed by atoms with Gasteiger partial charge in [0, 0.05) is 19.2 Å². The summed E-state index contributed by atoms with van der Waals surface area (Å²) >= 11 is 0. The number of hydrogen-bond donors (Lipinski definition) is 0. The molecule has 1 aromatic heterocycles. The molecule has 0 aliphatic carbocycles. The van der Waals surface area contributed by atoms with Crippen LogP contribution in [0.25, 0.3) is 11.0 Å². The minimum Gasteiger partial charge on any atom is -0.454 e. The van der Waals surface area contributed by atoms with Gasteiger partial charge < -0.3 is 4.74 Å². The van der Waals surface area contributed by atoms with Gasteiger partial charge in [0.25, 0.3) is 0 Å². The van der Waals surface area contributed by atoms with Gasteiger partial charge in [0.15, 0.2) is 11.6 Å². The van der Waals surface area contributed by atoms with Gasteiger partial charge in [-0.1, -0.05) is 5.21 Å². The van der Waals surface area contributed by atoms with Crippen LogP contribution in [0, 0.1) is 21.7 Å². The fraction of sp³-hybridized carbons (Fsp3) is 0.0769. The van der Waals surface area contributed by atoms with Crippen molar-refractivity contribution >= 4 is 16.7 Å². The molecule has 0 atom stereocenters. The second kappa shape index (κ2) is 5.02. The van der Waals surface area contributed by atoms with Crippen molar-refractivity contribution in [3.8, 4) is 11.5 Å². The molecule has 0 aliphatic heterocycles. The molecule has 0 spiro atoms. The van der Waals surface area contributed by atoms with E-state index in [4.69, 9.17) is 4.74 Å². The number of aryl methyl sites for hydroxylation is 1. The highest BCUT2D eigenvalue weighted by molar-refractivity contribution is 5.76. The van der Waals surface area contributed by atoms with Gasteiger partial charge in [0.2, 0.25) is 5.82 Å².